The zero-order valence-electron chi connectivity index (χ0n) is 22.2. The first-order valence-corrected chi connectivity index (χ1v) is 13.7. The predicted octanol–water partition coefficient (Wildman–Crippen LogP) is 3.07. The molecular weight excluding hydrogens is 476 g/mol. The van der Waals surface area contributed by atoms with Crippen LogP contribution in [0.1, 0.15) is 40.7 Å². The number of carbonyl (C=O) groups is 1. The Morgan fingerprint density at radius 2 is 1.78 bits per heavy atom. The molecule has 1 amide bonds. The number of benzene rings is 2. The molecule has 1 aliphatic heterocycles. The monoisotopic (exact) mass is 514 g/mol. The zero-order chi connectivity index (χ0) is 26.5. The Hall–Kier alpha value is -2.91. The highest BCUT2D eigenvalue weighted by atomic mass is 32.2. The van der Waals surface area contributed by atoms with Gasteiger partial charge in [-0.1, -0.05) is 24.3 Å². The number of amidine groups is 1. The van der Waals surface area contributed by atoms with Gasteiger partial charge in [-0.15, -0.1) is 0 Å². The van der Waals surface area contributed by atoms with E-state index in [1.165, 1.54) is 4.31 Å². The molecule has 0 spiro atoms. The number of aryl methyl sites for hydroxylation is 1. The maximum Gasteiger partial charge on any atom is 0.243 e. The number of ether oxygens (including phenoxy) is 1. The molecule has 2 aromatic rings. The van der Waals surface area contributed by atoms with Gasteiger partial charge in [-0.05, 0) is 61.9 Å². The lowest BCUT2D eigenvalue weighted by Gasteiger charge is -2.22. The number of methoxy groups -OCH3 is 1. The molecular formula is C27H38N4O4S. The van der Waals surface area contributed by atoms with Gasteiger partial charge in [0.1, 0.15) is 11.6 Å². The molecule has 36 heavy (non-hydrogen) atoms. The summed E-state index contributed by atoms with van der Waals surface area (Å²) in [5, 5.41) is 3.27. The average molecular weight is 515 g/mol. The summed E-state index contributed by atoms with van der Waals surface area (Å²) < 4.78 is 33.3. The van der Waals surface area contributed by atoms with Gasteiger partial charge in [-0.25, -0.2) is 12.7 Å². The van der Waals surface area contributed by atoms with Gasteiger partial charge in [-0.2, -0.15) is 0 Å². The number of aliphatic imine (C=N–C) groups is 1. The van der Waals surface area contributed by atoms with Crippen molar-refractivity contribution in [1.29, 1.82) is 0 Å². The average Bonchev–Trinajstić information content (AvgIpc) is 3.39. The normalized spacial score (nSPS) is 13.5. The van der Waals surface area contributed by atoms with Crippen LogP contribution in [0, 0.1) is 20.8 Å². The fourth-order valence-electron chi connectivity index (χ4n) is 4.39. The topological polar surface area (TPSA) is 91.3 Å². The molecule has 0 aliphatic carbocycles. The fraction of sp³-hybridized carbons (Fsp3) is 0.481. The maximum atomic E-state index is 13.3. The smallest absolute Gasteiger partial charge is 0.243 e. The highest BCUT2D eigenvalue weighted by molar-refractivity contribution is 7.89. The third-order valence-electron chi connectivity index (χ3n) is 6.79. The molecule has 3 rings (SSSR count). The Labute approximate surface area is 215 Å². The van der Waals surface area contributed by atoms with Crippen molar-refractivity contribution in [2.24, 2.45) is 4.99 Å². The van der Waals surface area contributed by atoms with E-state index in [1.807, 2.05) is 6.92 Å². The van der Waals surface area contributed by atoms with Crippen LogP contribution in [0.5, 0.6) is 5.75 Å². The molecule has 1 N–H and O–H groups in total. The van der Waals surface area contributed by atoms with Gasteiger partial charge in [0.05, 0.1) is 18.6 Å². The number of rotatable bonds is 11. The lowest BCUT2D eigenvalue weighted by atomic mass is 10.1. The molecule has 9 heteroatoms. The van der Waals surface area contributed by atoms with Crippen molar-refractivity contribution in [3.8, 4) is 5.75 Å². The van der Waals surface area contributed by atoms with Gasteiger partial charge in [0.2, 0.25) is 15.9 Å². The van der Waals surface area contributed by atoms with Crippen molar-refractivity contribution in [2.75, 3.05) is 47.4 Å². The minimum Gasteiger partial charge on any atom is -0.496 e. The molecule has 0 aromatic heterocycles. The summed E-state index contributed by atoms with van der Waals surface area (Å²) in [6.45, 7) is 8.01. The first-order chi connectivity index (χ1) is 17.1. The van der Waals surface area contributed by atoms with E-state index in [4.69, 9.17) is 4.74 Å². The van der Waals surface area contributed by atoms with Crippen molar-refractivity contribution >= 4 is 21.8 Å². The van der Waals surface area contributed by atoms with Gasteiger partial charge in [0.15, 0.2) is 0 Å². The molecule has 2 aromatic carbocycles. The van der Waals surface area contributed by atoms with E-state index in [9.17, 15) is 13.2 Å². The van der Waals surface area contributed by atoms with Crippen molar-refractivity contribution in [3.63, 3.8) is 0 Å². The Morgan fingerprint density at radius 3 is 2.39 bits per heavy atom. The van der Waals surface area contributed by atoms with Gasteiger partial charge >= 0.3 is 0 Å². The number of hydrogen-bond acceptors (Lipinski definition) is 6. The van der Waals surface area contributed by atoms with Crippen LogP contribution >= 0.6 is 0 Å². The second-order valence-corrected chi connectivity index (χ2v) is 11.3. The molecule has 0 atom stereocenters. The number of likely N-dealkylation sites (N-methyl/N-ethyl adjacent to an activating group) is 1. The van der Waals surface area contributed by atoms with E-state index in [0.717, 1.165) is 42.0 Å². The number of nitrogens with one attached hydrogen (secondary N) is 1. The van der Waals surface area contributed by atoms with E-state index >= 15 is 0 Å². The number of nitrogens with zero attached hydrogens (tertiary/aromatic N) is 3. The SMILES string of the molecule is COc1cc(C)c(S(=O)(=O)N(C)CCCC(=O)N(C)CCc2ccc(C3=NCCN3)cc2)c(C)c1C. The van der Waals surface area contributed by atoms with E-state index in [2.05, 4.69) is 34.6 Å². The first kappa shape index (κ1) is 27.7. The maximum absolute atomic E-state index is 13.3. The number of amides is 1. The van der Waals surface area contributed by atoms with Crippen LogP contribution in [0.25, 0.3) is 0 Å². The quantitative estimate of drug-likeness (QED) is 0.498. The second kappa shape index (κ2) is 11.9. The number of sulfonamides is 1. The van der Waals surface area contributed by atoms with E-state index < -0.39 is 10.0 Å². The van der Waals surface area contributed by atoms with E-state index in [-0.39, 0.29) is 12.5 Å². The number of carbonyl (C=O) groups excluding carboxylic acids is 1. The van der Waals surface area contributed by atoms with Crippen molar-refractivity contribution in [3.05, 3.63) is 58.1 Å². The van der Waals surface area contributed by atoms with Gasteiger partial charge in [-0.3, -0.25) is 9.79 Å². The Bertz CT molecular complexity index is 1220. The molecule has 196 valence electrons. The predicted molar refractivity (Wildman–Crippen MR) is 143 cm³/mol. The molecule has 1 aliphatic rings. The van der Waals surface area contributed by atoms with Gasteiger partial charge < -0.3 is 15.0 Å². The lowest BCUT2D eigenvalue weighted by molar-refractivity contribution is -0.130. The zero-order valence-corrected chi connectivity index (χ0v) is 23.0. The molecule has 0 bridgehead atoms. The Morgan fingerprint density at radius 1 is 1.08 bits per heavy atom. The van der Waals surface area contributed by atoms with Crippen LogP contribution in [0.4, 0.5) is 0 Å². The fourth-order valence-corrected chi connectivity index (χ4v) is 6.08. The molecule has 1 heterocycles. The summed E-state index contributed by atoms with van der Waals surface area (Å²) in [5.41, 5.74) is 4.39. The van der Waals surface area contributed by atoms with Crippen molar-refractivity contribution in [1.82, 2.24) is 14.5 Å². The highest BCUT2D eigenvalue weighted by Crippen LogP contribution is 2.32. The third kappa shape index (κ3) is 6.25. The largest absolute Gasteiger partial charge is 0.496 e. The molecule has 0 unspecified atom stereocenters. The van der Waals surface area contributed by atoms with E-state index in [0.29, 0.717) is 41.2 Å². The molecule has 8 nitrogen and oxygen atoms in total. The third-order valence-corrected chi connectivity index (χ3v) is 8.94. The highest BCUT2D eigenvalue weighted by Gasteiger charge is 2.27. The van der Waals surface area contributed by atoms with Crippen LogP contribution in [0.3, 0.4) is 0 Å². The first-order valence-electron chi connectivity index (χ1n) is 12.3. The van der Waals surface area contributed by atoms with Crippen LogP contribution in [-0.4, -0.2) is 76.7 Å². The summed E-state index contributed by atoms with van der Waals surface area (Å²) in [6.07, 6.45) is 1.50. The van der Waals surface area contributed by atoms with Crippen molar-refractivity contribution in [2.45, 2.75) is 44.9 Å². The summed E-state index contributed by atoms with van der Waals surface area (Å²) >= 11 is 0. The Kier molecular flexibility index (Phi) is 9.13. The van der Waals surface area contributed by atoms with Crippen LogP contribution in [-0.2, 0) is 21.2 Å². The van der Waals surface area contributed by atoms with Crippen LogP contribution in [0.15, 0.2) is 40.2 Å². The van der Waals surface area contributed by atoms with E-state index in [1.54, 1.807) is 46.0 Å². The van der Waals surface area contributed by atoms with Gasteiger partial charge in [0.25, 0.3) is 0 Å². The molecule has 0 saturated carbocycles. The summed E-state index contributed by atoms with van der Waals surface area (Å²) in [7, 11) is 1.26. The summed E-state index contributed by atoms with van der Waals surface area (Å²) in [5.74, 6) is 1.62. The second-order valence-electron chi connectivity index (χ2n) is 9.32. The van der Waals surface area contributed by atoms with Crippen molar-refractivity contribution < 1.29 is 17.9 Å². The Balaban J connectivity index is 1.50. The minimum atomic E-state index is -3.68. The van der Waals surface area contributed by atoms with Crippen LogP contribution in [0.2, 0.25) is 0 Å². The van der Waals surface area contributed by atoms with Crippen LogP contribution < -0.4 is 10.1 Å². The summed E-state index contributed by atoms with van der Waals surface area (Å²) in [6, 6.07) is 10.0. The number of hydrogen-bond donors (Lipinski definition) is 1. The summed E-state index contributed by atoms with van der Waals surface area (Å²) in [4.78, 5) is 19.1. The molecule has 0 fully saturated rings. The molecule has 0 saturated heterocycles. The molecule has 0 radical (unpaired) electrons. The standard InChI is InChI=1S/C27H38N4O4S/c1-19-18-24(35-6)20(2)21(3)26(19)36(33,34)31(5)16-7-8-25(32)30(4)17-13-22-9-11-23(12-10-22)27-28-14-15-29-27/h9-12,18H,7-8,13-17H2,1-6H3,(H,28,29). The van der Waals surface area contributed by atoms with Gasteiger partial charge in [0, 0.05) is 45.7 Å². The lowest BCUT2D eigenvalue weighted by Crippen LogP contribution is -2.32. The minimum absolute atomic E-state index is 0.00887.